The van der Waals surface area contributed by atoms with E-state index >= 15 is 0 Å². The first-order valence-electron chi connectivity index (χ1n) is 5.85. The standard InChI is InChI=1S/C14H23N/c1-6-7-14(15-5)13-9-11(3)10(2)8-12(13)4/h8-9,14-15H,6-7H2,1-5H3. The summed E-state index contributed by atoms with van der Waals surface area (Å²) in [6.07, 6.45) is 2.43. The molecule has 0 spiro atoms. The van der Waals surface area contributed by atoms with Gasteiger partial charge in [0, 0.05) is 6.04 Å². The molecule has 0 bridgehead atoms. The second-order valence-corrected chi connectivity index (χ2v) is 4.42. The highest BCUT2D eigenvalue weighted by Crippen LogP contribution is 2.24. The summed E-state index contributed by atoms with van der Waals surface area (Å²) in [5.41, 5.74) is 5.66. The molecule has 0 amide bonds. The van der Waals surface area contributed by atoms with Gasteiger partial charge in [0.25, 0.3) is 0 Å². The van der Waals surface area contributed by atoms with Crippen LogP contribution in [0.25, 0.3) is 0 Å². The minimum atomic E-state index is 0.509. The SMILES string of the molecule is CCCC(NC)c1cc(C)c(C)cc1C. The van der Waals surface area contributed by atoms with Crippen LogP contribution in [-0.2, 0) is 0 Å². The van der Waals surface area contributed by atoms with Crippen LogP contribution in [0.2, 0.25) is 0 Å². The van der Waals surface area contributed by atoms with Crippen molar-refractivity contribution in [1.82, 2.24) is 5.32 Å². The van der Waals surface area contributed by atoms with Crippen LogP contribution < -0.4 is 5.32 Å². The monoisotopic (exact) mass is 205 g/mol. The van der Waals surface area contributed by atoms with Crippen molar-refractivity contribution < 1.29 is 0 Å². The number of nitrogens with one attached hydrogen (secondary N) is 1. The molecule has 1 heteroatoms. The predicted molar refractivity (Wildman–Crippen MR) is 67.4 cm³/mol. The van der Waals surface area contributed by atoms with Crippen molar-refractivity contribution in [2.45, 2.75) is 46.6 Å². The average Bonchev–Trinajstić information content (AvgIpc) is 2.20. The van der Waals surface area contributed by atoms with E-state index < -0.39 is 0 Å². The quantitative estimate of drug-likeness (QED) is 0.790. The Kier molecular flexibility index (Phi) is 4.34. The summed E-state index contributed by atoms with van der Waals surface area (Å²) in [5, 5.41) is 3.41. The van der Waals surface area contributed by atoms with Crippen LogP contribution in [0.3, 0.4) is 0 Å². The number of rotatable bonds is 4. The normalized spacial score (nSPS) is 12.9. The molecule has 1 N–H and O–H groups in total. The molecular formula is C14H23N. The fourth-order valence-corrected chi connectivity index (χ4v) is 2.10. The number of aryl methyl sites for hydroxylation is 3. The first-order chi connectivity index (χ1) is 7.10. The average molecular weight is 205 g/mol. The molecule has 15 heavy (non-hydrogen) atoms. The van der Waals surface area contributed by atoms with E-state index in [1.807, 2.05) is 0 Å². The van der Waals surface area contributed by atoms with Crippen molar-refractivity contribution in [2.24, 2.45) is 0 Å². The van der Waals surface area contributed by atoms with Crippen molar-refractivity contribution in [3.05, 3.63) is 34.4 Å². The molecule has 0 aliphatic heterocycles. The van der Waals surface area contributed by atoms with Gasteiger partial charge in [-0.05, 0) is 56.5 Å². The van der Waals surface area contributed by atoms with Crippen molar-refractivity contribution in [3.8, 4) is 0 Å². The van der Waals surface area contributed by atoms with Crippen LogP contribution in [0.5, 0.6) is 0 Å². The molecular weight excluding hydrogens is 182 g/mol. The molecule has 1 unspecified atom stereocenters. The predicted octanol–water partition coefficient (Wildman–Crippen LogP) is 3.67. The Hall–Kier alpha value is -0.820. The molecule has 0 heterocycles. The third kappa shape index (κ3) is 2.82. The zero-order chi connectivity index (χ0) is 11.4. The number of hydrogen-bond donors (Lipinski definition) is 1. The molecule has 1 aromatic rings. The molecule has 84 valence electrons. The zero-order valence-electron chi connectivity index (χ0n) is 10.6. The first-order valence-corrected chi connectivity index (χ1v) is 5.85. The smallest absolute Gasteiger partial charge is 0.0320 e. The minimum Gasteiger partial charge on any atom is -0.313 e. The second kappa shape index (κ2) is 5.32. The van der Waals surface area contributed by atoms with Crippen molar-refractivity contribution in [3.63, 3.8) is 0 Å². The summed E-state index contributed by atoms with van der Waals surface area (Å²) < 4.78 is 0. The summed E-state index contributed by atoms with van der Waals surface area (Å²) >= 11 is 0. The zero-order valence-corrected chi connectivity index (χ0v) is 10.6. The van der Waals surface area contributed by atoms with E-state index in [0.717, 1.165) is 0 Å². The number of hydrogen-bond acceptors (Lipinski definition) is 1. The maximum atomic E-state index is 3.41. The Bertz CT molecular complexity index is 328. The molecule has 0 fully saturated rings. The Morgan fingerprint density at radius 2 is 1.67 bits per heavy atom. The molecule has 0 saturated carbocycles. The molecule has 1 aromatic carbocycles. The Labute approximate surface area is 93.9 Å². The Balaban J connectivity index is 3.06. The van der Waals surface area contributed by atoms with E-state index in [1.165, 1.54) is 35.1 Å². The van der Waals surface area contributed by atoms with Gasteiger partial charge >= 0.3 is 0 Å². The van der Waals surface area contributed by atoms with Gasteiger partial charge in [0.1, 0.15) is 0 Å². The van der Waals surface area contributed by atoms with Crippen LogP contribution in [0.15, 0.2) is 12.1 Å². The maximum Gasteiger partial charge on any atom is 0.0320 e. The largest absolute Gasteiger partial charge is 0.313 e. The van der Waals surface area contributed by atoms with E-state index in [0.29, 0.717) is 6.04 Å². The second-order valence-electron chi connectivity index (χ2n) is 4.42. The van der Waals surface area contributed by atoms with E-state index in [4.69, 9.17) is 0 Å². The van der Waals surface area contributed by atoms with E-state index in [1.54, 1.807) is 0 Å². The van der Waals surface area contributed by atoms with Gasteiger partial charge in [0.05, 0.1) is 0 Å². The van der Waals surface area contributed by atoms with Gasteiger partial charge in [0.15, 0.2) is 0 Å². The van der Waals surface area contributed by atoms with E-state index in [-0.39, 0.29) is 0 Å². The van der Waals surface area contributed by atoms with E-state index in [2.05, 4.69) is 52.2 Å². The lowest BCUT2D eigenvalue weighted by Crippen LogP contribution is -2.17. The van der Waals surface area contributed by atoms with Crippen LogP contribution in [0.4, 0.5) is 0 Å². The topological polar surface area (TPSA) is 12.0 Å². The summed E-state index contributed by atoms with van der Waals surface area (Å²) in [4.78, 5) is 0. The minimum absolute atomic E-state index is 0.509. The van der Waals surface area contributed by atoms with Crippen LogP contribution >= 0.6 is 0 Å². The fraction of sp³-hybridized carbons (Fsp3) is 0.571. The lowest BCUT2D eigenvalue weighted by Gasteiger charge is -2.19. The maximum absolute atomic E-state index is 3.41. The summed E-state index contributed by atoms with van der Waals surface area (Å²) in [5.74, 6) is 0. The molecule has 0 aliphatic rings. The van der Waals surface area contributed by atoms with Gasteiger partial charge in [0.2, 0.25) is 0 Å². The van der Waals surface area contributed by atoms with Gasteiger partial charge in [-0.15, -0.1) is 0 Å². The Morgan fingerprint density at radius 1 is 1.07 bits per heavy atom. The molecule has 1 nitrogen and oxygen atoms in total. The molecule has 0 aromatic heterocycles. The van der Waals surface area contributed by atoms with Gasteiger partial charge < -0.3 is 5.32 Å². The van der Waals surface area contributed by atoms with E-state index in [9.17, 15) is 0 Å². The number of benzene rings is 1. The molecule has 1 atom stereocenters. The third-order valence-corrected chi connectivity index (χ3v) is 3.18. The van der Waals surface area contributed by atoms with Gasteiger partial charge in [-0.1, -0.05) is 25.5 Å². The first kappa shape index (κ1) is 12.3. The van der Waals surface area contributed by atoms with Crippen molar-refractivity contribution in [1.29, 1.82) is 0 Å². The molecule has 1 rings (SSSR count). The van der Waals surface area contributed by atoms with Crippen LogP contribution in [0.1, 0.15) is 48.1 Å². The van der Waals surface area contributed by atoms with Gasteiger partial charge in [-0.3, -0.25) is 0 Å². The lowest BCUT2D eigenvalue weighted by atomic mass is 9.93. The lowest BCUT2D eigenvalue weighted by molar-refractivity contribution is 0.539. The highest BCUT2D eigenvalue weighted by atomic mass is 14.9. The Morgan fingerprint density at radius 3 is 2.20 bits per heavy atom. The molecule has 0 aliphatic carbocycles. The molecule has 0 saturated heterocycles. The summed E-state index contributed by atoms with van der Waals surface area (Å²) in [7, 11) is 2.05. The van der Waals surface area contributed by atoms with Crippen molar-refractivity contribution in [2.75, 3.05) is 7.05 Å². The van der Waals surface area contributed by atoms with Crippen LogP contribution in [0, 0.1) is 20.8 Å². The summed E-state index contributed by atoms with van der Waals surface area (Å²) in [6.45, 7) is 8.82. The highest BCUT2D eigenvalue weighted by molar-refractivity contribution is 5.38. The summed E-state index contributed by atoms with van der Waals surface area (Å²) in [6, 6.07) is 5.14. The highest BCUT2D eigenvalue weighted by Gasteiger charge is 2.11. The van der Waals surface area contributed by atoms with Gasteiger partial charge in [-0.2, -0.15) is 0 Å². The fourth-order valence-electron chi connectivity index (χ4n) is 2.10. The van der Waals surface area contributed by atoms with Crippen LogP contribution in [-0.4, -0.2) is 7.05 Å². The van der Waals surface area contributed by atoms with Crippen molar-refractivity contribution >= 4 is 0 Å². The third-order valence-electron chi connectivity index (χ3n) is 3.18. The molecule has 0 radical (unpaired) electrons. The van der Waals surface area contributed by atoms with Gasteiger partial charge in [-0.25, -0.2) is 0 Å².